The van der Waals surface area contributed by atoms with Crippen LogP contribution in [0, 0.1) is 13.8 Å². The van der Waals surface area contributed by atoms with Gasteiger partial charge in [-0.1, -0.05) is 30.0 Å². The van der Waals surface area contributed by atoms with Crippen molar-refractivity contribution in [2.24, 2.45) is 0 Å². The Morgan fingerprint density at radius 3 is 2.48 bits per heavy atom. The first-order chi connectivity index (χ1) is 11.2. The molecule has 0 bridgehead atoms. The summed E-state index contributed by atoms with van der Waals surface area (Å²) in [6.45, 7) is 4.20. The Hall–Kier alpha value is -1.79. The summed E-state index contributed by atoms with van der Waals surface area (Å²) in [4.78, 5) is 1.28. The maximum atomic E-state index is 4.15. The average Bonchev–Trinajstić information content (AvgIpc) is 3.04. The number of rotatable bonds is 5. The van der Waals surface area contributed by atoms with Gasteiger partial charge in [0.15, 0.2) is 0 Å². The first-order valence-corrected chi connectivity index (χ1v) is 9.50. The molecule has 1 aromatic heterocycles. The van der Waals surface area contributed by atoms with Crippen LogP contribution in [0.3, 0.4) is 0 Å². The molecule has 1 heterocycles. The summed E-state index contributed by atoms with van der Waals surface area (Å²) in [5.74, 6) is 0.847. The Morgan fingerprint density at radius 1 is 1.00 bits per heavy atom. The molecule has 4 nitrogen and oxygen atoms in total. The number of aromatic nitrogens is 4. The van der Waals surface area contributed by atoms with Gasteiger partial charge in [-0.25, -0.2) is 0 Å². The van der Waals surface area contributed by atoms with Crippen LogP contribution in [0.4, 0.5) is 0 Å². The first kappa shape index (κ1) is 16.1. The van der Waals surface area contributed by atoms with E-state index in [0.717, 1.165) is 16.6 Å². The van der Waals surface area contributed by atoms with Gasteiger partial charge in [0.1, 0.15) is 0 Å². The van der Waals surface area contributed by atoms with Crippen LogP contribution in [0.2, 0.25) is 0 Å². The predicted molar refractivity (Wildman–Crippen MR) is 96.4 cm³/mol. The fourth-order valence-corrected chi connectivity index (χ4v) is 3.41. The molecule has 6 heteroatoms. The van der Waals surface area contributed by atoms with E-state index in [1.165, 1.54) is 21.6 Å². The summed E-state index contributed by atoms with van der Waals surface area (Å²) in [6.07, 6.45) is 2.08. The molecular formula is C17H18N4S2. The van der Waals surface area contributed by atoms with Crippen LogP contribution < -0.4 is 0 Å². The summed E-state index contributed by atoms with van der Waals surface area (Å²) in [6, 6.07) is 14.9. The summed E-state index contributed by atoms with van der Waals surface area (Å²) in [7, 11) is 0. The standard InChI is InChI=1S/C17H18N4S2/c1-12-4-7-15(10-13(12)2)21-17(18-19-20-21)23-11-14-5-8-16(22-3)9-6-14/h4-10H,11H2,1-3H3. The minimum Gasteiger partial charge on any atom is -0.187 e. The molecule has 2 aromatic carbocycles. The van der Waals surface area contributed by atoms with Crippen molar-refractivity contribution in [2.75, 3.05) is 6.26 Å². The lowest BCUT2D eigenvalue weighted by Crippen LogP contribution is -2.00. The van der Waals surface area contributed by atoms with Crippen molar-refractivity contribution in [2.45, 2.75) is 29.7 Å². The van der Waals surface area contributed by atoms with E-state index in [1.54, 1.807) is 28.2 Å². The topological polar surface area (TPSA) is 43.6 Å². The monoisotopic (exact) mass is 342 g/mol. The first-order valence-electron chi connectivity index (χ1n) is 7.29. The lowest BCUT2D eigenvalue weighted by atomic mass is 10.1. The van der Waals surface area contributed by atoms with Gasteiger partial charge in [-0.15, -0.1) is 16.9 Å². The van der Waals surface area contributed by atoms with E-state index in [1.807, 2.05) is 0 Å². The van der Waals surface area contributed by atoms with Gasteiger partial charge < -0.3 is 0 Å². The van der Waals surface area contributed by atoms with Gasteiger partial charge in [0.2, 0.25) is 5.16 Å². The van der Waals surface area contributed by atoms with Crippen LogP contribution >= 0.6 is 23.5 Å². The fourth-order valence-electron chi connectivity index (χ4n) is 2.16. The van der Waals surface area contributed by atoms with Crippen molar-refractivity contribution in [1.82, 2.24) is 20.2 Å². The minimum absolute atomic E-state index is 0.808. The molecular weight excluding hydrogens is 324 g/mol. The van der Waals surface area contributed by atoms with E-state index in [9.17, 15) is 0 Å². The highest BCUT2D eigenvalue weighted by atomic mass is 32.2. The number of aryl methyl sites for hydroxylation is 2. The number of benzene rings is 2. The van der Waals surface area contributed by atoms with Gasteiger partial charge in [-0.05, 0) is 71.5 Å². The largest absolute Gasteiger partial charge is 0.214 e. The molecule has 0 N–H and O–H groups in total. The molecule has 0 amide bonds. The molecule has 0 unspecified atom stereocenters. The number of tetrazole rings is 1. The van der Waals surface area contributed by atoms with E-state index in [4.69, 9.17) is 0 Å². The molecule has 0 fully saturated rings. The third-order valence-corrected chi connectivity index (χ3v) is 5.44. The smallest absolute Gasteiger partial charge is 0.187 e. The van der Waals surface area contributed by atoms with Crippen molar-refractivity contribution < 1.29 is 0 Å². The Morgan fingerprint density at radius 2 is 1.78 bits per heavy atom. The molecule has 0 aliphatic rings. The maximum absolute atomic E-state index is 4.15. The number of nitrogens with zero attached hydrogens (tertiary/aromatic N) is 4. The molecule has 0 saturated heterocycles. The molecule has 3 aromatic rings. The number of hydrogen-bond acceptors (Lipinski definition) is 5. The van der Waals surface area contributed by atoms with Crippen LogP contribution in [0.5, 0.6) is 0 Å². The molecule has 0 aliphatic carbocycles. The third-order valence-electron chi connectivity index (χ3n) is 3.70. The Kier molecular flexibility index (Phi) is 5.03. The highest BCUT2D eigenvalue weighted by Gasteiger charge is 2.10. The summed E-state index contributed by atoms with van der Waals surface area (Å²) >= 11 is 3.40. The lowest BCUT2D eigenvalue weighted by molar-refractivity contribution is 0.755. The summed E-state index contributed by atoms with van der Waals surface area (Å²) in [5, 5.41) is 12.9. The Bertz CT molecular complexity index is 797. The quantitative estimate of drug-likeness (QED) is 0.647. The average molecular weight is 342 g/mol. The number of hydrogen-bond donors (Lipinski definition) is 0. The van der Waals surface area contributed by atoms with Gasteiger partial charge >= 0.3 is 0 Å². The van der Waals surface area contributed by atoms with Crippen LogP contribution in [0.25, 0.3) is 5.69 Å². The zero-order chi connectivity index (χ0) is 16.2. The van der Waals surface area contributed by atoms with Gasteiger partial charge in [-0.3, -0.25) is 0 Å². The molecule has 0 saturated carbocycles. The highest BCUT2D eigenvalue weighted by molar-refractivity contribution is 7.98. The Labute approximate surface area is 144 Å². The second-order valence-corrected chi connectivity index (χ2v) is 7.10. The summed E-state index contributed by atoms with van der Waals surface area (Å²) < 4.78 is 1.80. The predicted octanol–water partition coefficient (Wildman–Crippen LogP) is 4.29. The van der Waals surface area contributed by atoms with E-state index < -0.39 is 0 Å². The molecule has 3 rings (SSSR count). The number of thioether (sulfide) groups is 2. The van der Waals surface area contributed by atoms with E-state index >= 15 is 0 Å². The fraction of sp³-hybridized carbons (Fsp3) is 0.235. The van der Waals surface area contributed by atoms with Crippen LogP contribution in [0.15, 0.2) is 52.5 Å². The zero-order valence-corrected chi connectivity index (χ0v) is 15.0. The van der Waals surface area contributed by atoms with Crippen molar-refractivity contribution >= 4 is 23.5 Å². The van der Waals surface area contributed by atoms with Crippen molar-refractivity contribution in [1.29, 1.82) is 0 Å². The van der Waals surface area contributed by atoms with Gasteiger partial charge in [0.25, 0.3) is 0 Å². The van der Waals surface area contributed by atoms with Gasteiger partial charge in [-0.2, -0.15) is 4.68 Å². The van der Waals surface area contributed by atoms with Crippen LogP contribution in [-0.2, 0) is 5.75 Å². The molecule has 0 atom stereocenters. The van der Waals surface area contributed by atoms with Crippen molar-refractivity contribution in [3.8, 4) is 5.69 Å². The van der Waals surface area contributed by atoms with E-state index in [2.05, 4.69) is 78.1 Å². The Balaban J connectivity index is 1.76. The SMILES string of the molecule is CSc1ccc(CSc2nnnn2-c2ccc(C)c(C)c2)cc1. The maximum Gasteiger partial charge on any atom is 0.214 e. The van der Waals surface area contributed by atoms with Gasteiger partial charge in [0, 0.05) is 10.6 Å². The summed E-state index contributed by atoms with van der Waals surface area (Å²) in [5.41, 5.74) is 4.77. The van der Waals surface area contributed by atoms with Gasteiger partial charge in [0.05, 0.1) is 5.69 Å². The lowest BCUT2D eigenvalue weighted by Gasteiger charge is -2.07. The zero-order valence-electron chi connectivity index (χ0n) is 13.4. The second kappa shape index (κ2) is 7.19. The van der Waals surface area contributed by atoms with Crippen LogP contribution in [0.1, 0.15) is 16.7 Å². The third kappa shape index (κ3) is 3.76. The van der Waals surface area contributed by atoms with Crippen LogP contribution in [-0.4, -0.2) is 26.5 Å². The highest BCUT2D eigenvalue weighted by Crippen LogP contribution is 2.24. The van der Waals surface area contributed by atoms with Crippen molar-refractivity contribution in [3.05, 3.63) is 59.2 Å². The molecule has 0 aliphatic heterocycles. The molecule has 23 heavy (non-hydrogen) atoms. The normalized spacial score (nSPS) is 10.9. The molecule has 0 radical (unpaired) electrons. The minimum atomic E-state index is 0.808. The van der Waals surface area contributed by atoms with E-state index in [0.29, 0.717) is 0 Å². The van der Waals surface area contributed by atoms with E-state index in [-0.39, 0.29) is 0 Å². The molecule has 0 spiro atoms. The molecule has 118 valence electrons. The van der Waals surface area contributed by atoms with Crippen molar-refractivity contribution in [3.63, 3.8) is 0 Å². The second-order valence-electron chi connectivity index (χ2n) is 5.28.